The third kappa shape index (κ3) is 3.02. The van der Waals surface area contributed by atoms with Gasteiger partial charge in [0.15, 0.2) is 0 Å². The van der Waals surface area contributed by atoms with Crippen molar-refractivity contribution in [2.24, 2.45) is 17.8 Å². The fraction of sp³-hybridized carbons (Fsp3) is 0.647. The lowest BCUT2D eigenvalue weighted by atomic mass is 9.84. The van der Waals surface area contributed by atoms with Crippen LogP contribution in [0.2, 0.25) is 0 Å². The second-order valence-electron chi connectivity index (χ2n) is 6.56. The second-order valence-corrected chi connectivity index (χ2v) is 6.56. The first-order chi connectivity index (χ1) is 9.72. The van der Waals surface area contributed by atoms with E-state index in [1.54, 1.807) is 6.20 Å². The lowest BCUT2D eigenvalue weighted by molar-refractivity contribution is -0.122. The predicted molar refractivity (Wildman–Crippen MR) is 79.1 cm³/mol. The number of hydrogen-bond acceptors (Lipinski definition) is 2. The van der Waals surface area contributed by atoms with Crippen molar-refractivity contribution < 1.29 is 4.79 Å². The SMILES string of the molecule is CC(NC(=O)CCc1cccnc1)C1CC2CCC1C2. The largest absolute Gasteiger partial charge is 0.353 e. The number of hydrogen-bond donors (Lipinski definition) is 1. The molecule has 2 aliphatic rings. The highest BCUT2D eigenvalue weighted by Crippen LogP contribution is 2.49. The van der Waals surface area contributed by atoms with Gasteiger partial charge in [-0.3, -0.25) is 9.78 Å². The molecule has 1 aromatic heterocycles. The van der Waals surface area contributed by atoms with Crippen molar-refractivity contribution in [2.75, 3.05) is 0 Å². The van der Waals surface area contributed by atoms with Gasteiger partial charge < -0.3 is 5.32 Å². The van der Waals surface area contributed by atoms with E-state index in [0.29, 0.717) is 12.5 Å². The highest BCUT2D eigenvalue weighted by atomic mass is 16.1. The van der Waals surface area contributed by atoms with Crippen LogP contribution in [0.5, 0.6) is 0 Å². The van der Waals surface area contributed by atoms with Crippen LogP contribution in [0, 0.1) is 17.8 Å². The smallest absolute Gasteiger partial charge is 0.220 e. The molecular formula is C17H24N2O. The van der Waals surface area contributed by atoms with Crippen LogP contribution >= 0.6 is 0 Å². The average Bonchev–Trinajstić information content (AvgIpc) is 3.09. The van der Waals surface area contributed by atoms with Gasteiger partial charge in [0.2, 0.25) is 5.91 Å². The first kappa shape index (κ1) is 13.6. The zero-order chi connectivity index (χ0) is 13.9. The Hall–Kier alpha value is -1.38. The second kappa shape index (κ2) is 5.94. The van der Waals surface area contributed by atoms with Gasteiger partial charge in [-0.2, -0.15) is 0 Å². The number of fused-ring (bicyclic) bond motifs is 2. The van der Waals surface area contributed by atoms with Crippen LogP contribution in [0.25, 0.3) is 0 Å². The van der Waals surface area contributed by atoms with Crippen molar-refractivity contribution in [2.45, 2.75) is 51.5 Å². The van der Waals surface area contributed by atoms with Gasteiger partial charge in [-0.15, -0.1) is 0 Å². The third-order valence-corrected chi connectivity index (χ3v) is 5.19. The topological polar surface area (TPSA) is 42.0 Å². The van der Waals surface area contributed by atoms with Gasteiger partial charge >= 0.3 is 0 Å². The number of carbonyl (C=O) groups is 1. The van der Waals surface area contributed by atoms with Crippen molar-refractivity contribution in [3.63, 3.8) is 0 Å². The molecule has 0 aliphatic heterocycles. The standard InChI is InChI=1S/C17H24N2O/c1-12(16-10-14-4-6-15(16)9-14)19-17(20)7-5-13-3-2-8-18-11-13/h2-3,8,11-12,14-16H,4-7,9-10H2,1H3,(H,19,20). The Kier molecular flexibility index (Phi) is 4.04. The number of nitrogens with one attached hydrogen (secondary N) is 1. The summed E-state index contributed by atoms with van der Waals surface area (Å²) in [6, 6.07) is 4.29. The Bertz CT molecular complexity index is 459. The van der Waals surface area contributed by atoms with Crippen LogP contribution < -0.4 is 5.32 Å². The summed E-state index contributed by atoms with van der Waals surface area (Å²) in [5.74, 6) is 2.72. The summed E-state index contributed by atoms with van der Waals surface area (Å²) >= 11 is 0. The van der Waals surface area contributed by atoms with Gasteiger partial charge in [0.25, 0.3) is 0 Å². The molecule has 20 heavy (non-hydrogen) atoms. The quantitative estimate of drug-likeness (QED) is 0.895. The van der Waals surface area contributed by atoms with E-state index in [1.165, 1.54) is 25.7 Å². The molecule has 1 N–H and O–H groups in total. The summed E-state index contributed by atoms with van der Waals surface area (Å²) in [4.78, 5) is 16.1. The van der Waals surface area contributed by atoms with Crippen molar-refractivity contribution in [1.82, 2.24) is 10.3 Å². The lowest BCUT2D eigenvalue weighted by Crippen LogP contribution is -2.40. The number of rotatable bonds is 5. The van der Waals surface area contributed by atoms with Crippen molar-refractivity contribution in [3.05, 3.63) is 30.1 Å². The normalized spacial score (nSPS) is 29.4. The van der Waals surface area contributed by atoms with E-state index in [0.717, 1.165) is 29.7 Å². The van der Waals surface area contributed by atoms with Crippen LogP contribution in [0.3, 0.4) is 0 Å². The molecule has 2 saturated carbocycles. The van der Waals surface area contributed by atoms with E-state index in [1.807, 2.05) is 18.3 Å². The Balaban J connectivity index is 1.44. The zero-order valence-corrected chi connectivity index (χ0v) is 12.2. The maximum absolute atomic E-state index is 12.1. The van der Waals surface area contributed by atoms with E-state index in [9.17, 15) is 4.79 Å². The number of nitrogens with zero attached hydrogens (tertiary/aromatic N) is 1. The van der Waals surface area contributed by atoms with Crippen molar-refractivity contribution >= 4 is 5.91 Å². The average molecular weight is 272 g/mol. The maximum atomic E-state index is 12.1. The molecular weight excluding hydrogens is 248 g/mol. The van der Waals surface area contributed by atoms with Crippen LogP contribution in [0.4, 0.5) is 0 Å². The Morgan fingerprint density at radius 1 is 1.45 bits per heavy atom. The molecule has 108 valence electrons. The molecule has 1 aromatic rings. The molecule has 1 heterocycles. The fourth-order valence-corrected chi connectivity index (χ4v) is 4.14. The van der Waals surface area contributed by atoms with Gasteiger partial charge in [0.1, 0.15) is 0 Å². The minimum Gasteiger partial charge on any atom is -0.353 e. The number of amides is 1. The van der Waals surface area contributed by atoms with E-state index >= 15 is 0 Å². The first-order valence-electron chi connectivity index (χ1n) is 7.90. The monoisotopic (exact) mass is 272 g/mol. The Morgan fingerprint density at radius 2 is 2.35 bits per heavy atom. The van der Waals surface area contributed by atoms with Gasteiger partial charge in [0.05, 0.1) is 0 Å². The molecule has 1 amide bonds. The molecule has 2 bridgehead atoms. The third-order valence-electron chi connectivity index (χ3n) is 5.19. The first-order valence-corrected chi connectivity index (χ1v) is 7.90. The molecule has 3 rings (SSSR count). The van der Waals surface area contributed by atoms with Gasteiger partial charge in [0, 0.05) is 24.9 Å². The van der Waals surface area contributed by atoms with Crippen LogP contribution in [-0.4, -0.2) is 16.9 Å². The number of carbonyl (C=O) groups excluding carboxylic acids is 1. The summed E-state index contributed by atoms with van der Waals surface area (Å²) in [7, 11) is 0. The van der Waals surface area contributed by atoms with Gasteiger partial charge in [-0.1, -0.05) is 12.5 Å². The number of aryl methyl sites for hydroxylation is 1. The highest BCUT2D eigenvalue weighted by molar-refractivity contribution is 5.76. The summed E-state index contributed by atoms with van der Waals surface area (Å²) < 4.78 is 0. The summed E-state index contributed by atoms with van der Waals surface area (Å²) in [6.45, 7) is 2.19. The molecule has 4 atom stereocenters. The predicted octanol–water partition coefficient (Wildman–Crippen LogP) is 2.96. The Labute approximate surface area is 121 Å². The van der Waals surface area contributed by atoms with E-state index in [-0.39, 0.29) is 5.91 Å². The molecule has 3 nitrogen and oxygen atoms in total. The molecule has 2 fully saturated rings. The zero-order valence-electron chi connectivity index (χ0n) is 12.2. The molecule has 0 spiro atoms. The minimum atomic E-state index is 0.184. The number of aromatic nitrogens is 1. The summed E-state index contributed by atoms with van der Waals surface area (Å²) in [5, 5.41) is 3.22. The van der Waals surface area contributed by atoms with E-state index in [4.69, 9.17) is 0 Å². The van der Waals surface area contributed by atoms with Crippen LogP contribution in [0.15, 0.2) is 24.5 Å². The summed E-state index contributed by atoms with van der Waals surface area (Å²) in [6.07, 6.45) is 10.5. The van der Waals surface area contributed by atoms with Crippen molar-refractivity contribution in [1.29, 1.82) is 0 Å². The molecule has 2 aliphatic carbocycles. The molecule has 0 aromatic carbocycles. The molecule has 4 unspecified atom stereocenters. The minimum absolute atomic E-state index is 0.184. The molecule has 0 radical (unpaired) electrons. The van der Waals surface area contributed by atoms with E-state index in [2.05, 4.69) is 17.2 Å². The summed E-state index contributed by atoms with van der Waals surface area (Å²) in [5.41, 5.74) is 1.13. The fourth-order valence-electron chi connectivity index (χ4n) is 4.14. The maximum Gasteiger partial charge on any atom is 0.220 e. The molecule has 3 heteroatoms. The highest BCUT2D eigenvalue weighted by Gasteiger charge is 2.41. The lowest BCUT2D eigenvalue weighted by Gasteiger charge is -2.28. The van der Waals surface area contributed by atoms with Crippen LogP contribution in [-0.2, 0) is 11.2 Å². The van der Waals surface area contributed by atoms with Crippen molar-refractivity contribution in [3.8, 4) is 0 Å². The van der Waals surface area contributed by atoms with E-state index < -0.39 is 0 Å². The van der Waals surface area contributed by atoms with Gasteiger partial charge in [-0.05, 0) is 62.0 Å². The number of pyridine rings is 1. The Morgan fingerprint density at radius 3 is 3.00 bits per heavy atom. The van der Waals surface area contributed by atoms with Crippen LogP contribution in [0.1, 0.15) is 44.6 Å². The molecule has 0 saturated heterocycles. The van der Waals surface area contributed by atoms with Gasteiger partial charge in [-0.25, -0.2) is 0 Å².